The molecule has 18 heteroatoms. The van der Waals surface area contributed by atoms with E-state index >= 15 is 0 Å². The van der Waals surface area contributed by atoms with E-state index in [1.807, 2.05) is 44.2 Å². The van der Waals surface area contributed by atoms with Crippen molar-refractivity contribution in [3.8, 4) is 0 Å². The summed E-state index contributed by atoms with van der Waals surface area (Å²) in [4.78, 5) is 88.3. The van der Waals surface area contributed by atoms with Gasteiger partial charge in [-0.1, -0.05) is 51.0 Å². The monoisotopic (exact) mass is 803 g/mol. The minimum Gasteiger partial charge on any atom is -0.475 e. The number of unbranched alkanes of at least 4 members (excludes halogenated alkanes) is 1. The molecule has 2 aliphatic heterocycles. The first-order chi connectivity index (χ1) is 26.9. The van der Waals surface area contributed by atoms with E-state index in [4.69, 9.17) is 15.6 Å². The molecule has 0 unspecified atom stereocenters. The van der Waals surface area contributed by atoms with Gasteiger partial charge < -0.3 is 32.1 Å². The lowest BCUT2D eigenvalue weighted by Crippen LogP contribution is -2.54. The Morgan fingerprint density at radius 2 is 1.53 bits per heavy atom. The van der Waals surface area contributed by atoms with Crippen LogP contribution in [0.4, 0.5) is 30.2 Å². The molecule has 6 amide bonds. The Balaban J connectivity index is 0.00000113. The minimum atomic E-state index is -5.08. The second-order valence-corrected chi connectivity index (χ2v) is 14.5. The molecule has 4 rings (SSSR count). The number of likely N-dealkylation sites (tertiary alicyclic amines) is 1. The van der Waals surface area contributed by atoms with Crippen molar-refractivity contribution in [2.24, 2.45) is 17.6 Å². The minimum absolute atomic E-state index is 0.0490. The van der Waals surface area contributed by atoms with Crippen molar-refractivity contribution >= 4 is 58.5 Å². The topological polar surface area (TPSA) is 220 Å². The quantitative estimate of drug-likeness (QED) is 0.136. The molecule has 0 aliphatic carbocycles. The zero-order valence-corrected chi connectivity index (χ0v) is 32.3. The Morgan fingerprint density at radius 1 is 0.912 bits per heavy atom. The lowest BCUT2D eigenvalue weighted by atomic mass is 9.91. The third-order valence-electron chi connectivity index (χ3n) is 9.39. The fourth-order valence-corrected chi connectivity index (χ4v) is 6.59. The predicted octanol–water partition coefficient (Wildman–Crippen LogP) is 3.85. The predicted molar refractivity (Wildman–Crippen MR) is 205 cm³/mol. The Hall–Kier alpha value is -5.52. The van der Waals surface area contributed by atoms with Gasteiger partial charge in [-0.3, -0.25) is 38.6 Å². The molecule has 2 aromatic rings. The van der Waals surface area contributed by atoms with Gasteiger partial charge in [-0.05, 0) is 81.3 Å². The number of carbonyl (C=O) groups is 7. The van der Waals surface area contributed by atoms with Crippen LogP contribution in [0.1, 0.15) is 82.5 Å². The van der Waals surface area contributed by atoms with Gasteiger partial charge in [0.15, 0.2) is 0 Å². The number of rotatable bonds is 16. The molecule has 2 heterocycles. The smallest absolute Gasteiger partial charge is 0.475 e. The first kappa shape index (κ1) is 45.9. The molecule has 0 radical (unpaired) electrons. The maximum atomic E-state index is 13.8. The van der Waals surface area contributed by atoms with Gasteiger partial charge in [0.2, 0.25) is 29.5 Å². The number of piperidine rings is 1. The highest BCUT2D eigenvalue weighted by molar-refractivity contribution is 6.18. The third-order valence-corrected chi connectivity index (χ3v) is 9.39. The van der Waals surface area contributed by atoms with E-state index in [-0.39, 0.29) is 43.0 Å². The van der Waals surface area contributed by atoms with Crippen LogP contribution in [0.5, 0.6) is 0 Å². The van der Waals surface area contributed by atoms with Gasteiger partial charge >= 0.3 is 12.1 Å². The van der Waals surface area contributed by atoms with Crippen LogP contribution < -0.4 is 31.9 Å². The van der Waals surface area contributed by atoms with Crippen molar-refractivity contribution in [1.29, 1.82) is 0 Å². The van der Waals surface area contributed by atoms with Crippen LogP contribution in [0, 0.1) is 11.8 Å². The van der Waals surface area contributed by atoms with E-state index in [1.54, 1.807) is 23.1 Å². The maximum Gasteiger partial charge on any atom is 0.490 e. The lowest BCUT2D eigenvalue weighted by molar-refractivity contribution is -0.192. The number of aliphatic carboxylic acids is 1. The Kier molecular flexibility index (Phi) is 17.5. The number of nitrogens with zero attached hydrogens (tertiary/aromatic N) is 2. The number of para-hydroxylation sites is 3. The summed E-state index contributed by atoms with van der Waals surface area (Å²) in [5.41, 5.74) is 7.52. The molecule has 2 aliphatic rings. The number of alkyl halides is 3. The normalized spacial score (nSPS) is 15.4. The summed E-state index contributed by atoms with van der Waals surface area (Å²) in [7, 11) is 0. The highest BCUT2D eigenvalue weighted by atomic mass is 19.4. The summed E-state index contributed by atoms with van der Waals surface area (Å²) in [6.07, 6.45) is 0.0101. The summed E-state index contributed by atoms with van der Waals surface area (Å²) in [5.74, 6) is -4.22. The molecule has 57 heavy (non-hydrogen) atoms. The molecule has 0 bridgehead atoms. The van der Waals surface area contributed by atoms with E-state index in [0.29, 0.717) is 41.5 Å². The number of benzene rings is 2. The molecule has 0 saturated carbocycles. The first-order valence-corrected chi connectivity index (χ1v) is 18.9. The fraction of sp³-hybridized carbons (Fsp3) is 0.513. The largest absolute Gasteiger partial charge is 0.490 e. The molecule has 0 aromatic heterocycles. The number of hydrogen-bond acceptors (Lipinski definition) is 8. The van der Waals surface area contributed by atoms with Crippen molar-refractivity contribution in [1.82, 2.24) is 20.9 Å². The number of carboxylic acids is 1. The molecule has 1 fully saturated rings. The summed E-state index contributed by atoms with van der Waals surface area (Å²) >= 11 is 0. The molecule has 15 nitrogen and oxygen atoms in total. The van der Waals surface area contributed by atoms with Crippen molar-refractivity contribution in [2.45, 2.75) is 90.4 Å². The number of amides is 6. The third kappa shape index (κ3) is 14.8. The number of nitrogens with two attached hydrogens (primary N) is 1. The maximum absolute atomic E-state index is 13.8. The summed E-state index contributed by atoms with van der Waals surface area (Å²) in [5, 5.41) is 18.3. The molecule has 2 atom stereocenters. The van der Waals surface area contributed by atoms with Gasteiger partial charge in [0.25, 0.3) is 5.91 Å². The highest BCUT2D eigenvalue weighted by Gasteiger charge is 2.38. The number of carbonyl (C=O) groups excluding carboxylic acids is 6. The first-order valence-electron chi connectivity index (χ1n) is 18.9. The van der Waals surface area contributed by atoms with Gasteiger partial charge in [-0.15, -0.1) is 0 Å². The van der Waals surface area contributed by atoms with Crippen molar-refractivity contribution in [3.63, 3.8) is 0 Å². The van der Waals surface area contributed by atoms with Crippen LogP contribution in [0.25, 0.3) is 0 Å². The number of carboxylic acid groups (broad SMARTS) is 1. The van der Waals surface area contributed by atoms with Crippen LogP contribution >= 0.6 is 0 Å². The highest BCUT2D eigenvalue weighted by Crippen LogP contribution is 2.38. The Labute approximate surface area is 329 Å². The standard InChI is InChI=1S/C37H51N7O6.C2HF3O2/c1-24(2)22-30(42-37(50)29(40-25(3)45)15-16-33(38)46)36(49)39-19-9-8-10-26-17-20-43(21-18-26)23-34(47)44-31-13-6-4-11-27(31)35(48)41-28-12-5-7-14-32(28)44;3-2(4,5)1(6)7/h4-7,11-14,24,26,29-30H,8-10,15-23H2,1-3H3,(H2,38,46)(H,39,49)(H,40,45)(H,41,48)(H,42,50);(H,6,7)/t29-,30-;/m0./s1. The Bertz CT molecular complexity index is 1750. The second kappa shape index (κ2) is 21.7. The molecule has 2 aromatic carbocycles. The number of anilines is 3. The zero-order valence-electron chi connectivity index (χ0n) is 32.3. The van der Waals surface area contributed by atoms with Gasteiger partial charge in [-0.25, -0.2) is 4.79 Å². The number of nitrogens with one attached hydrogen (secondary N) is 4. The number of hydrogen-bond donors (Lipinski definition) is 6. The van der Waals surface area contributed by atoms with Gasteiger partial charge in [0, 0.05) is 19.9 Å². The SMILES string of the molecule is CC(=O)N[C@@H](CCC(N)=O)C(=O)N[C@@H](CC(C)C)C(=O)NCCCCC1CCN(CC(=O)N2c3ccccc3NC(=O)c3ccccc32)CC1.O=C(O)C(F)(F)F. The zero-order chi connectivity index (χ0) is 42.3. The lowest BCUT2D eigenvalue weighted by Gasteiger charge is -2.33. The van der Waals surface area contributed by atoms with Crippen LogP contribution in [0.15, 0.2) is 48.5 Å². The van der Waals surface area contributed by atoms with Gasteiger partial charge in [0.05, 0.1) is 29.2 Å². The second-order valence-electron chi connectivity index (χ2n) is 14.5. The Morgan fingerprint density at radius 3 is 2.12 bits per heavy atom. The van der Waals surface area contributed by atoms with E-state index < -0.39 is 42.0 Å². The van der Waals surface area contributed by atoms with Gasteiger partial charge in [-0.2, -0.15) is 13.2 Å². The molecular weight excluding hydrogens is 751 g/mol. The van der Waals surface area contributed by atoms with Crippen LogP contribution in [-0.4, -0.2) is 95.9 Å². The van der Waals surface area contributed by atoms with E-state index in [0.717, 1.165) is 45.2 Å². The molecule has 7 N–H and O–H groups in total. The van der Waals surface area contributed by atoms with Crippen molar-refractivity contribution in [3.05, 3.63) is 54.1 Å². The van der Waals surface area contributed by atoms with E-state index in [2.05, 4.69) is 26.2 Å². The summed E-state index contributed by atoms with van der Waals surface area (Å²) < 4.78 is 31.7. The average molecular weight is 804 g/mol. The molecule has 312 valence electrons. The number of halogens is 3. The van der Waals surface area contributed by atoms with Crippen LogP contribution in [0.2, 0.25) is 0 Å². The fourth-order valence-electron chi connectivity index (χ4n) is 6.59. The summed E-state index contributed by atoms with van der Waals surface area (Å²) in [6.45, 7) is 7.53. The van der Waals surface area contributed by atoms with Crippen LogP contribution in [0.3, 0.4) is 0 Å². The molecule has 0 spiro atoms. The number of primary amides is 1. The van der Waals surface area contributed by atoms with Crippen molar-refractivity contribution in [2.75, 3.05) is 36.4 Å². The van der Waals surface area contributed by atoms with E-state index in [1.165, 1.54) is 6.92 Å². The molecular formula is C39H52F3N7O8. The van der Waals surface area contributed by atoms with Crippen LogP contribution in [-0.2, 0) is 28.8 Å². The average Bonchev–Trinajstić information content (AvgIpc) is 3.26. The van der Waals surface area contributed by atoms with Crippen molar-refractivity contribution < 1.29 is 51.8 Å². The number of fused-ring (bicyclic) bond motifs is 2. The van der Waals surface area contributed by atoms with E-state index in [9.17, 15) is 41.9 Å². The van der Waals surface area contributed by atoms with Gasteiger partial charge in [0.1, 0.15) is 12.1 Å². The molecule has 1 saturated heterocycles. The summed E-state index contributed by atoms with van der Waals surface area (Å²) in [6, 6.07) is 12.8.